The van der Waals surface area contributed by atoms with Crippen molar-refractivity contribution in [3.05, 3.63) is 48.0 Å². The summed E-state index contributed by atoms with van der Waals surface area (Å²) in [5.41, 5.74) is 9.41. The van der Waals surface area contributed by atoms with Gasteiger partial charge >= 0.3 is 0 Å². The van der Waals surface area contributed by atoms with E-state index in [0.29, 0.717) is 6.54 Å². The van der Waals surface area contributed by atoms with E-state index in [1.807, 2.05) is 35.2 Å². The van der Waals surface area contributed by atoms with Crippen molar-refractivity contribution >= 4 is 39.1 Å². The van der Waals surface area contributed by atoms with Gasteiger partial charge in [-0.25, -0.2) is 4.98 Å². The lowest BCUT2D eigenvalue weighted by atomic mass is 9.97. The first-order valence-electron chi connectivity index (χ1n) is 9.77. The minimum Gasteiger partial charge on any atom is -0.369 e. The van der Waals surface area contributed by atoms with E-state index in [2.05, 4.69) is 24.4 Å². The van der Waals surface area contributed by atoms with Gasteiger partial charge in [0.15, 0.2) is 0 Å². The smallest absolute Gasteiger partial charge is 0.238 e. The number of fused-ring (bicyclic) bond motifs is 1. The minimum atomic E-state index is -0.282. The van der Waals surface area contributed by atoms with Crippen molar-refractivity contribution in [3.8, 4) is 10.6 Å². The molecule has 0 radical (unpaired) electrons. The molecule has 150 valence electrons. The Morgan fingerprint density at radius 3 is 2.79 bits per heavy atom. The number of carbonyl (C=O) groups is 2. The summed E-state index contributed by atoms with van der Waals surface area (Å²) < 4.78 is 1.17. The Bertz CT molecular complexity index is 1040. The number of piperidine rings is 1. The summed E-state index contributed by atoms with van der Waals surface area (Å²) in [6.45, 7) is 3.71. The van der Waals surface area contributed by atoms with Crippen LogP contribution in [0.15, 0.2) is 42.5 Å². The molecule has 3 N–H and O–H groups in total. The highest BCUT2D eigenvalue weighted by Crippen LogP contribution is 2.31. The van der Waals surface area contributed by atoms with Gasteiger partial charge in [0.1, 0.15) is 5.01 Å². The number of nitrogens with two attached hydrogens (primary N) is 1. The van der Waals surface area contributed by atoms with Gasteiger partial charge in [-0.3, -0.25) is 14.5 Å². The first-order valence-corrected chi connectivity index (χ1v) is 10.6. The fourth-order valence-corrected chi connectivity index (χ4v) is 4.76. The van der Waals surface area contributed by atoms with E-state index in [9.17, 15) is 9.59 Å². The number of aryl methyl sites for hydroxylation is 1. The maximum atomic E-state index is 12.4. The fourth-order valence-electron chi connectivity index (χ4n) is 3.69. The molecule has 1 fully saturated rings. The van der Waals surface area contributed by atoms with E-state index < -0.39 is 0 Å². The first-order chi connectivity index (χ1) is 14.0. The number of benzene rings is 2. The minimum absolute atomic E-state index is 0.0849. The van der Waals surface area contributed by atoms with Crippen LogP contribution in [0.5, 0.6) is 0 Å². The van der Waals surface area contributed by atoms with Crippen molar-refractivity contribution in [3.63, 3.8) is 0 Å². The number of rotatable bonds is 5. The summed E-state index contributed by atoms with van der Waals surface area (Å²) in [4.78, 5) is 30.5. The Hall–Kier alpha value is -2.77. The summed E-state index contributed by atoms with van der Waals surface area (Å²) in [5.74, 6) is -0.525. The molecule has 7 heteroatoms. The largest absolute Gasteiger partial charge is 0.369 e. The zero-order chi connectivity index (χ0) is 20.4. The Balaban J connectivity index is 1.38. The van der Waals surface area contributed by atoms with Crippen LogP contribution in [0.25, 0.3) is 20.8 Å². The molecular weight excluding hydrogens is 384 g/mol. The van der Waals surface area contributed by atoms with Crippen LogP contribution in [0, 0.1) is 12.8 Å². The van der Waals surface area contributed by atoms with Crippen molar-refractivity contribution < 1.29 is 9.59 Å². The molecule has 2 aromatic carbocycles. The van der Waals surface area contributed by atoms with Crippen LogP contribution in [0.1, 0.15) is 18.4 Å². The zero-order valence-electron chi connectivity index (χ0n) is 16.4. The van der Waals surface area contributed by atoms with E-state index in [1.54, 1.807) is 11.3 Å². The quantitative estimate of drug-likeness (QED) is 0.677. The second-order valence-corrected chi connectivity index (χ2v) is 8.62. The molecule has 0 spiro atoms. The summed E-state index contributed by atoms with van der Waals surface area (Å²) in [6, 6.07) is 14.0. The number of carbonyl (C=O) groups excluding carboxylic acids is 2. The van der Waals surface area contributed by atoms with E-state index >= 15 is 0 Å². The Labute approximate surface area is 173 Å². The fraction of sp³-hybridized carbons (Fsp3) is 0.318. The summed E-state index contributed by atoms with van der Waals surface area (Å²) in [7, 11) is 0. The maximum absolute atomic E-state index is 12.4. The number of primary amides is 1. The highest BCUT2D eigenvalue weighted by molar-refractivity contribution is 7.21. The Kier molecular flexibility index (Phi) is 5.60. The second-order valence-electron chi connectivity index (χ2n) is 7.59. The molecule has 0 aliphatic carbocycles. The average molecular weight is 409 g/mol. The number of anilines is 1. The van der Waals surface area contributed by atoms with Gasteiger partial charge in [0.2, 0.25) is 11.8 Å². The lowest BCUT2D eigenvalue weighted by molar-refractivity contribution is -0.125. The molecule has 2 amide bonds. The van der Waals surface area contributed by atoms with E-state index in [4.69, 9.17) is 10.7 Å². The van der Waals surface area contributed by atoms with Gasteiger partial charge in [0.05, 0.1) is 22.7 Å². The lowest BCUT2D eigenvalue weighted by Gasteiger charge is -2.30. The van der Waals surface area contributed by atoms with Crippen molar-refractivity contribution in [1.29, 1.82) is 0 Å². The summed E-state index contributed by atoms with van der Waals surface area (Å²) in [5, 5.41) is 3.90. The van der Waals surface area contributed by atoms with Gasteiger partial charge in [0.25, 0.3) is 0 Å². The van der Waals surface area contributed by atoms with Crippen molar-refractivity contribution in [2.75, 3.05) is 25.0 Å². The van der Waals surface area contributed by atoms with Gasteiger partial charge in [-0.1, -0.05) is 6.07 Å². The van der Waals surface area contributed by atoms with Crippen molar-refractivity contribution in [2.45, 2.75) is 19.8 Å². The Morgan fingerprint density at radius 2 is 2.03 bits per heavy atom. The summed E-state index contributed by atoms with van der Waals surface area (Å²) >= 11 is 1.67. The summed E-state index contributed by atoms with van der Waals surface area (Å²) in [6.07, 6.45) is 1.69. The van der Waals surface area contributed by atoms with Crippen LogP contribution in [-0.4, -0.2) is 41.3 Å². The molecule has 1 aliphatic rings. The normalized spacial score (nSPS) is 17.3. The highest BCUT2D eigenvalue weighted by atomic mass is 32.1. The second kappa shape index (κ2) is 8.31. The molecule has 0 bridgehead atoms. The molecule has 29 heavy (non-hydrogen) atoms. The first kappa shape index (κ1) is 19.5. The lowest BCUT2D eigenvalue weighted by Crippen LogP contribution is -2.44. The number of hydrogen-bond acceptors (Lipinski definition) is 5. The van der Waals surface area contributed by atoms with Crippen molar-refractivity contribution in [2.24, 2.45) is 11.7 Å². The molecular formula is C22H24N4O2S. The van der Waals surface area contributed by atoms with E-state index in [0.717, 1.165) is 41.2 Å². The van der Waals surface area contributed by atoms with Crippen LogP contribution in [0.2, 0.25) is 0 Å². The van der Waals surface area contributed by atoms with Crippen molar-refractivity contribution in [1.82, 2.24) is 9.88 Å². The molecule has 1 saturated heterocycles. The molecule has 1 aliphatic heterocycles. The van der Waals surface area contributed by atoms with Gasteiger partial charge in [-0.2, -0.15) is 0 Å². The van der Waals surface area contributed by atoms with E-state index in [1.165, 1.54) is 10.3 Å². The van der Waals surface area contributed by atoms with Gasteiger partial charge in [-0.05, 0) is 68.3 Å². The highest BCUT2D eigenvalue weighted by Gasteiger charge is 2.25. The Morgan fingerprint density at radius 1 is 1.24 bits per heavy atom. The monoisotopic (exact) mass is 408 g/mol. The third kappa shape index (κ3) is 4.63. The molecule has 1 atom stereocenters. The molecule has 6 nitrogen and oxygen atoms in total. The number of nitrogens with zero attached hydrogens (tertiary/aromatic N) is 2. The van der Waals surface area contributed by atoms with Crippen LogP contribution in [-0.2, 0) is 9.59 Å². The van der Waals surface area contributed by atoms with Crippen LogP contribution >= 0.6 is 11.3 Å². The number of nitrogens with one attached hydrogen (secondary N) is 1. The molecule has 0 saturated carbocycles. The molecule has 3 aromatic rings. The number of likely N-dealkylation sites (tertiary alicyclic amines) is 1. The number of hydrogen-bond donors (Lipinski definition) is 2. The standard InChI is InChI=1S/C22H24N4O2S/c1-14-4-9-18-19(11-14)29-22(25-18)15-5-7-17(8-6-15)24-20(27)13-26-10-2-3-16(12-26)21(23)28/h4-9,11,16H,2-3,10,12-13H2,1H3,(H2,23,28)(H,24,27)/t16-/m1/s1. The molecule has 0 unspecified atom stereocenters. The number of amides is 2. The maximum Gasteiger partial charge on any atom is 0.238 e. The number of thiazole rings is 1. The van der Waals surface area contributed by atoms with Gasteiger partial charge in [0, 0.05) is 17.8 Å². The topological polar surface area (TPSA) is 88.3 Å². The number of aromatic nitrogens is 1. The SMILES string of the molecule is Cc1ccc2nc(-c3ccc(NC(=O)CN4CCC[C@@H](C(N)=O)C4)cc3)sc2c1. The van der Waals surface area contributed by atoms with Crippen LogP contribution < -0.4 is 11.1 Å². The molecule has 2 heterocycles. The third-order valence-electron chi connectivity index (χ3n) is 5.23. The van der Waals surface area contributed by atoms with Crippen LogP contribution in [0.3, 0.4) is 0 Å². The molecule has 4 rings (SSSR count). The van der Waals surface area contributed by atoms with Gasteiger partial charge in [-0.15, -0.1) is 11.3 Å². The average Bonchev–Trinajstić information content (AvgIpc) is 3.11. The van der Waals surface area contributed by atoms with E-state index in [-0.39, 0.29) is 24.3 Å². The predicted octanol–water partition coefficient (Wildman–Crippen LogP) is 3.41. The molecule has 1 aromatic heterocycles. The zero-order valence-corrected chi connectivity index (χ0v) is 17.2. The third-order valence-corrected chi connectivity index (χ3v) is 6.30. The van der Waals surface area contributed by atoms with Crippen LogP contribution in [0.4, 0.5) is 5.69 Å². The predicted molar refractivity (Wildman–Crippen MR) is 117 cm³/mol. The van der Waals surface area contributed by atoms with Gasteiger partial charge < -0.3 is 11.1 Å².